The van der Waals surface area contributed by atoms with Crippen LogP contribution in [0.25, 0.3) is 21.9 Å². The summed E-state index contributed by atoms with van der Waals surface area (Å²) in [5, 5.41) is 5.03. The highest BCUT2D eigenvalue weighted by molar-refractivity contribution is 6.31. The molecule has 1 aromatic carbocycles. The van der Waals surface area contributed by atoms with Crippen LogP contribution < -0.4 is 5.56 Å². The van der Waals surface area contributed by atoms with Gasteiger partial charge in [-0.2, -0.15) is 0 Å². The number of halogens is 3. The van der Waals surface area contributed by atoms with Crippen molar-refractivity contribution in [2.24, 2.45) is 5.92 Å². The van der Waals surface area contributed by atoms with Crippen LogP contribution >= 0.6 is 24.0 Å². The first-order valence-electron chi connectivity index (χ1n) is 10.3. The summed E-state index contributed by atoms with van der Waals surface area (Å²) >= 11 is 6.00. The Bertz CT molecular complexity index is 1290. The van der Waals surface area contributed by atoms with Crippen molar-refractivity contribution in [1.29, 1.82) is 0 Å². The number of hydrogen-bond donors (Lipinski definition) is 1. The van der Waals surface area contributed by atoms with Crippen molar-refractivity contribution in [3.63, 3.8) is 0 Å². The van der Waals surface area contributed by atoms with Crippen molar-refractivity contribution >= 4 is 45.9 Å². The van der Waals surface area contributed by atoms with Crippen LogP contribution in [0.5, 0.6) is 0 Å². The maximum absolute atomic E-state index is 13.8. The molecule has 0 bridgehead atoms. The van der Waals surface area contributed by atoms with E-state index in [0.717, 1.165) is 36.6 Å². The van der Waals surface area contributed by atoms with Crippen LogP contribution in [0.3, 0.4) is 0 Å². The number of nitrogens with one attached hydrogen (secondary N) is 1. The van der Waals surface area contributed by atoms with Gasteiger partial charge in [-0.15, -0.1) is 12.4 Å². The molecule has 3 aromatic heterocycles. The van der Waals surface area contributed by atoms with Gasteiger partial charge in [0.05, 0.1) is 22.0 Å². The van der Waals surface area contributed by atoms with Crippen LogP contribution in [-0.2, 0) is 0 Å². The first-order chi connectivity index (χ1) is 14.5. The molecule has 8 heteroatoms. The van der Waals surface area contributed by atoms with Gasteiger partial charge in [-0.1, -0.05) is 11.6 Å². The number of aromatic amines is 1. The van der Waals surface area contributed by atoms with E-state index in [1.165, 1.54) is 11.6 Å². The van der Waals surface area contributed by atoms with Crippen LogP contribution in [0.2, 0.25) is 5.02 Å². The summed E-state index contributed by atoms with van der Waals surface area (Å²) in [5.41, 5.74) is 2.49. The topological polar surface area (TPSA) is 63.6 Å². The fourth-order valence-electron chi connectivity index (χ4n) is 4.89. The van der Waals surface area contributed by atoms with Gasteiger partial charge in [0.2, 0.25) is 0 Å². The molecule has 3 heterocycles. The highest BCUT2D eigenvalue weighted by Crippen LogP contribution is 2.41. The van der Waals surface area contributed by atoms with Crippen molar-refractivity contribution < 1.29 is 4.39 Å². The Morgan fingerprint density at radius 2 is 1.90 bits per heavy atom. The van der Waals surface area contributed by atoms with E-state index in [1.807, 2.05) is 12.3 Å². The fraction of sp³-hybridized carbons (Fsp3) is 0.348. The lowest BCUT2D eigenvalue weighted by atomic mass is 9.75. The molecule has 1 atom stereocenters. The van der Waals surface area contributed by atoms with Crippen LogP contribution in [0, 0.1) is 11.7 Å². The average molecular weight is 461 g/mol. The monoisotopic (exact) mass is 460 g/mol. The number of H-pyrrole nitrogens is 1. The SMILES string of the molecule is C[C@H](C1CCC(c2ccnc3ccc(F)cc23)CC1)n1[nH]c2ncc(Cl)cc2c1=O.Cl. The van der Waals surface area contributed by atoms with Crippen molar-refractivity contribution in [2.45, 2.75) is 44.6 Å². The maximum atomic E-state index is 13.8. The van der Waals surface area contributed by atoms with Crippen LogP contribution in [0.1, 0.15) is 50.1 Å². The third-order valence-electron chi connectivity index (χ3n) is 6.57. The number of benzene rings is 1. The lowest BCUT2D eigenvalue weighted by Crippen LogP contribution is -2.28. The van der Waals surface area contributed by atoms with Gasteiger partial charge < -0.3 is 0 Å². The van der Waals surface area contributed by atoms with E-state index in [9.17, 15) is 9.18 Å². The Labute approximate surface area is 190 Å². The second-order valence-corrected chi connectivity index (χ2v) is 8.69. The Kier molecular flexibility index (Phi) is 6.04. The van der Waals surface area contributed by atoms with E-state index < -0.39 is 0 Å². The lowest BCUT2D eigenvalue weighted by molar-refractivity contribution is 0.232. The third-order valence-corrected chi connectivity index (χ3v) is 6.78. The normalized spacial score (nSPS) is 20.0. The molecule has 1 saturated carbocycles. The van der Waals surface area contributed by atoms with Gasteiger partial charge in [-0.05, 0) is 80.3 Å². The fourth-order valence-corrected chi connectivity index (χ4v) is 5.05. The molecular weight excluding hydrogens is 438 g/mol. The molecule has 0 radical (unpaired) electrons. The molecule has 1 N–H and O–H groups in total. The molecule has 31 heavy (non-hydrogen) atoms. The van der Waals surface area contributed by atoms with Crippen molar-refractivity contribution in [2.75, 3.05) is 0 Å². The minimum atomic E-state index is -0.231. The number of hydrogen-bond acceptors (Lipinski definition) is 3. The standard InChI is InChI=1S/C23H22ClFN4O.ClH/c1-13(29-23(30)20-10-16(24)12-27-22(20)28-29)14-2-4-15(5-3-14)18-8-9-26-21-7-6-17(25)11-19(18)21;/h6-15H,2-5H2,1H3,(H,27,28);1H/t13-,14?,15?;/m1./s1. The first kappa shape index (κ1) is 21.8. The van der Waals surface area contributed by atoms with E-state index >= 15 is 0 Å². The van der Waals surface area contributed by atoms with Gasteiger partial charge in [0, 0.05) is 17.8 Å². The van der Waals surface area contributed by atoms with E-state index in [-0.39, 0.29) is 29.8 Å². The predicted molar refractivity (Wildman–Crippen MR) is 124 cm³/mol. The summed E-state index contributed by atoms with van der Waals surface area (Å²) in [5.74, 6) is 0.527. The first-order valence-corrected chi connectivity index (χ1v) is 10.7. The average Bonchev–Trinajstić information content (AvgIpc) is 3.09. The molecule has 162 valence electrons. The number of pyridine rings is 2. The summed E-state index contributed by atoms with van der Waals surface area (Å²) in [7, 11) is 0. The van der Waals surface area contributed by atoms with Crippen molar-refractivity contribution in [3.05, 3.63) is 69.5 Å². The largest absolute Gasteiger partial charge is 0.278 e. The molecular formula is C23H23Cl2FN4O. The van der Waals surface area contributed by atoms with E-state index in [1.54, 1.807) is 29.1 Å². The highest BCUT2D eigenvalue weighted by Gasteiger charge is 2.29. The Morgan fingerprint density at radius 3 is 2.68 bits per heavy atom. The summed E-state index contributed by atoms with van der Waals surface area (Å²) in [6.07, 6.45) is 7.36. The number of nitrogens with zero attached hydrogens (tertiary/aromatic N) is 3. The van der Waals surface area contributed by atoms with Gasteiger partial charge in [0.1, 0.15) is 5.82 Å². The summed E-state index contributed by atoms with van der Waals surface area (Å²) < 4.78 is 15.5. The smallest absolute Gasteiger partial charge is 0.276 e. The molecule has 1 fully saturated rings. The Hall–Kier alpha value is -2.44. The zero-order valence-corrected chi connectivity index (χ0v) is 18.6. The van der Waals surface area contributed by atoms with Gasteiger partial charge in [-0.3, -0.25) is 14.9 Å². The van der Waals surface area contributed by atoms with Crippen LogP contribution in [0.4, 0.5) is 4.39 Å². The predicted octanol–water partition coefficient (Wildman–Crippen LogP) is 6.02. The lowest BCUT2D eigenvalue weighted by Gasteiger charge is -2.33. The molecule has 5 rings (SSSR count). The molecule has 4 aromatic rings. The Morgan fingerprint density at radius 1 is 1.13 bits per heavy atom. The molecule has 0 saturated heterocycles. The second-order valence-electron chi connectivity index (χ2n) is 8.25. The van der Waals surface area contributed by atoms with E-state index in [4.69, 9.17) is 11.6 Å². The minimum Gasteiger partial charge on any atom is -0.278 e. The van der Waals surface area contributed by atoms with E-state index in [2.05, 4.69) is 22.0 Å². The van der Waals surface area contributed by atoms with Crippen molar-refractivity contribution in [1.82, 2.24) is 19.7 Å². The third kappa shape index (κ3) is 3.94. The molecule has 0 aliphatic heterocycles. The molecule has 0 spiro atoms. The van der Waals surface area contributed by atoms with Gasteiger partial charge in [0.25, 0.3) is 5.56 Å². The molecule has 5 nitrogen and oxygen atoms in total. The van der Waals surface area contributed by atoms with E-state index in [0.29, 0.717) is 27.9 Å². The van der Waals surface area contributed by atoms with Crippen LogP contribution in [0.15, 0.2) is 47.5 Å². The van der Waals surface area contributed by atoms with Gasteiger partial charge in [0.15, 0.2) is 5.65 Å². The quantitative estimate of drug-likeness (QED) is 0.406. The summed E-state index contributed by atoms with van der Waals surface area (Å²) in [4.78, 5) is 21.4. The molecule has 1 aliphatic carbocycles. The van der Waals surface area contributed by atoms with Gasteiger partial charge in [-0.25, -0.2) is 14.1 Å². The minimum absolute atomic E-state index is 0. The Balaban J connectivity index is 0.00000231. The number of aromatic nitrogens is 4. The van der Waals surface area contributed by atoms with Crippen molar-refractivity contribution in [3.8, 4) is 0 Å². The zero-order valence-electron chi connectivity index (χ0n) is 17.0. The van der Waals surface area contributed by atoms with Crippen LogP contribution in [-0.4, -0.2) is 19.7 Å². The zero-order chi connectivity index (χ0) is 20.8. The summed E-state index contributed by atoms with van der Waals surface area (Å²) in [6, 6.07) is 8.51. The second kappa shape index (κ2) is 8.60. The molecule has 0 amide bonds. The maximum Gasteiger partial charge on any atom is 0.276 e. The summed E-state index contributed by atoms with van der Waals surface area (Å²) in [6.45, 7) is 2.08. The molecule has 1 aliphatic rings. The number of rotatable bonds is 3. The highest BCUT2D eigenvalue weighted by atomic mass is 35.5. The van der Waals surface area contributed by atoms with Gasteiger partial charge >= 0.3 is 0 Å². The number of fused-ring (bicyclic) bond motifs is 2. The molecule has 0 unspecified atom stereocenters.